The third kappa shape index (κ3) is 1.68. The smallest absolute Gasteiger partial charge is 0.162 e. The van der Waals surface area contributed by atoms with Crippen LogP contribution in [-0.4, -0.2) is 23.3 Å². The number of benzene rings is 1. The molecule has 0 bridgehead atoms. The minimum absolute atomic E-state index is 0.326. The van der Waals surface area contributed by atoms with Crippen molar-refractivity contribution in [3.8, 4) is 0 Å². The van der Waals surface area contributed by atoms with Gasteiger partial charge in [-0.3, -0.25) is 4.79 Å². The molecular weight excluding hydrogens is 210 g/mol. The molecule has 0 amide bonds. The Hall–Kier alpha value is -1.57. The summed E-state index contributed by atoms with van der Waals surface area (Å²) in [5, 5.41) is 0. The molecule has 0 aromatic heterocycles. The number of nitrogens with zero attached hydrogens (tertiary/aromatic N) is 1. The maximum absolute atomic E-state index is 12.0. The Morgan fingerprint density at radius 2 is 2.00 bits per heavy atom. The monoisotopic (exact) mass is 227 g/mol. The number of rotatable bonds is 1. The molecule has 1 atom stereocenters. The van der Waals surface area contributed by atoms with E-state index in [1.165, 1.54) is 17.7 Å². The summed E-state index contributed by atoms with van der Waals surface area (Å²) in [7, 11) is 0. The lowest BCUT2D eigenvalue weighted by atomic mass is 9.93. The fourth-order valence-electron chi connectivity index (χ4n) is 3.04. The van der Waals surface area contributed by atoms with Gasteiger partial charge in [0.1, 0.15) is 0 Å². The fraction of sp³-hybridized carbons (Fsp3) is 0.400. The van der Waals surface area contributed by atoms with Crippen LogP contribution in [0.5, 0.6) is 0 Å². The average Bonchev–Trinajstić information content (AvgIpc) is 2.79. The van der Waals surface area contributed by atoms with Crippen molar-refractivity contribution in [3.63, 3.8) is 0 Å². The predicted molar refractivity (Wildman–Crippen MR) is 68.4 cm³/mol. The van der Waals surface area contributed by atoms with Gasteiger partial charge in [-0.25, -0.2) is 0 Å². The molecule has 1 fully saturated rings. The summed E-state index contributed by atoms with van der Waals surface area (Å²) in [6, 6.07) is 10.8. The van der Waals surface area contributed by atoms with Gasteiger partial charge in [-0.05, 0) is 25.3 Å². The van der Waals surface area contributed by atoms with Crippen LogP contribution in [-0.2, 0) is 4.79 Å². The van der Waals surface area contributed by atoms with E-state index in [-0.39, 0.29) is 0 Å². The number of hydrogen-bond acceptors (Lipinski definition) is 2. The number of allylic oxidation sites excluding steroid dienone is 1. The van der Waals surface area contributed by atoms with Crippen LogP contribution in [0.25, 0.3) is 5.70 Å². The minimum Gasteiger partial charge on any atom is -0.367 e. The van der Waals surface area contributed by atoms with E-state index < -0.39 is 0 Å². The molecule has 2 aliphatic heterocycles. The van der Waals surface area contributed by atoms with Gasteiger partial charge in [-0.1, -0.05) is 30.3 Å². The van der Waals surface area contributed by atoms with Gasteiger partial charge < -0.3 is 4.90 Å². The highest BCUT2D eigenvalue weighted by Gasteiger charge is 2.35. The third-order valence-corrected chi connectivity index (χ3v) is 3.91. The average molecular weight is 227 g/mol. The second-order valence-electron chi connectivity index (χ2n) is 4.96. The van der Waals surface area contributed by atoms with Crippen molar-refractivity contribution in [2.24, 2.45) is 0 Å². The maximum atomic E-state index is 12.0. The zero-order valence-electron chi connectivity index (χ0n) is 10.1. The summed E-state index contributed by atoms with van der Waals surface area (Å²) in [4.78, 5) is 14.5. The summed E-state index contributed by atoms with van der Waals surface area (Å²) >= 11 is 0. The van der Waals surface area contributed by atoms with E-state index in [2.05, 4.69) is 17.0 Å². The molecule has 0 saturated carbocycles. The molecule has 3 rings (SSSR count). The summed E-state index contributed by atoms with van der Waals surface area (Å²) in [5.74, 6) is 0.326. The molecule has 0 aliphatic carbocycles. The van der Waals surface area contributed by atoms with E-state index in [0.717, 1.165) is 18.5 Å². The first-order chi connectivity index (χ1) is 8.27. The Kier molecular flexibility index (Phi) is 2.50. The molecule has 0 unspecified atom stereocenters. The fourth-order valence-corrected chi connectivity index (χ4v) is 3.04. The van der Waals surface area contributed by atoms with Crippen LogP contribution in [0.2, 0.25) is 0 Å². The molecule has 0 N–H and O–H groups in total. The molecule has 0 spiro atoms. The largest absolute Gasteiger partial charge is 0.367 e. The first-order valence-electron chi connectivity index (χ1n) is 6.33. The summed E-state index contributed by atoms with van der Waals surface area (Å²) in [6.45, 7) is 3.07. The van der Waals surface area contributed by atoms with Gasteiger partial charge in [-0.15, -0.1) is 0 Å². The van der Waals surface area contributed by atoms with E-state index in [0.29, 0.717) is 18.2 Å². The van der Waals surface area contributed by atoms with Crippen LogP contribution in [0.4, 0.5) is 0 Å². The highest BCUT2D eigenvalue weighted by molar-refractivity contribution is 6.03. The predicted octanol–water partition coefficient (Wildman–Crippen LogP) is 2.85. The molecule has 17 heavy (non-hydrogen) atoms. The number of carbonyl (C=O) groups is 1. The molecule has 1 aromatic carbocycles. The minimum atomic E-state index is 0.326. The van der Waals surface area contributed by atoms with Crippen LogP contribution in [0.1, 0.15) is 31.7 Å². The van der Waals surface area contributed by atoms with Gasteiger partial charge in [0.15, 0.2) is 5.78 Å². The molecule has 1 aromatic rings. The molecule has 2 heterocycles. The van der Waals surface area contributed by atoms with Crippen LogP contribution in [0, 0.1) is 0 Å². The van der Waals surface area contributed by atoms with Crippen molar-refractivity contribution in [1.82, 2.24) is 4.90 Å². The Labute approximate surface area is 102 Å². The quantitative estimate of drug-likeness (QED) is 0.735. The van der Waals surface area contributed by atoms with Crippen molar-refractivity contribution in [1.29, 1.82) is 0 Å². The highest BCUT2D eigenvalue weighted by atomic mass is 16.1. The summed E-state index contributed by atoms with van der Waals surface area (Å²) in [5.41, 5.74) is 3.30. The van der Waals surface area contributed by atoms with Crippen molar-refractivity contribution >= 4 is 11.5 Å². The standard InChI is InChI=1S/C15H17NO/c1-11-14(17)10-13-8-5-9-16(13)15(11)12-6-3-2-4-7-12/h2-4,6-7,13H,5,8-10H2,1H3/t13-/m1/s1. The Morgan fingerprint density at radius 3 is 2.76 bits per heavy atom. The van der Waals surface area contributed by atoms with E-state index in [4.69, 9.17) is 0 Å². The van der Waals surface area contributed by atoms with Crippen LogP contribution < -0.4 is 0 Å². The number of ketones is 1. The molecule has 2 aliphatic rings. The Bertz CT molecular complexity index is 475. The lowest BCUT2D eigenvalue weighted by Crippen LogP contribution is -2.35. The van der Waals surface area contributed by atoms with Crippen molar-refractivity contribution in [2.45, 2.75) is 32.2 Å². The first kappa shape index (κ1) is 10.6. The van der Waals surface area contributed by atoms with Crippen molar-refractivity contribution in [3.05, 3.63) is 41.5 Å². The van der Waals surface area contributed by atoms with Crippen LogP contribution >= 0.6 is 0 Å². The topological polar surface area (TPSA) is 20.3 Å². The summed E-state index contributed by atoms with van der Waals surface area (Å²) < 4.78 is 0. The number of hydrogen-bond donors (Lipinski definition) is 0. The molecule has 88 valence electrons. The molecule has 0 radical (unpaired) electrons. The van der Waals surface area contributed by atoms with Gasteiger partial charge in [0, 0.05) is 24.6 Å². The van der Waals surface area contributed by atoms with Crippen molar-refractivity contribution < 1.29 is 4.79 Å². The SMILES string of the molecule is CC1=C(c2ccccc2)N2CCC[C@@H]2CC1=O. The van der Waals surface area contributed by atoms with Gasteiger partial charge in [0.2, 0.25) is 0 Å². The number of fused-ring (bicyclic) bond motifs is 1. The summed E-state index contributed by atoms with van der Waals surface area (Å²) in [6.07, 6.45) is 3.08. The second-order valence-corrected chi connectivity index (χ2v) is 4.96. The molecule has 2 nitrogen and oxygen atoms in total. The van der Waals surface area contributed by atoms with Gasteiger partial charge in [-0.2, -0.15) is 0 Å². The van der Waals surface area contributed by atoms with Gasteiger partial charge >= 0.3 is 0 Å². The first-order valence-corrected chi connectivity index (χ1v) is 6.33. The lowest BCUT2D eigenvalue weighted by molar-refractivity contribution is -0.116. The Balaban J connectivity index is 2.10. The van der Waals surface area contributed by atoms with Crippen LogP contribution in [0.15, 0.2) is 35.9 Å². The van der Waals surface area contributed by atoms with E-state index in [1.807, 2.05) is 25.1 Å². The van der Waals surface area contributed by atoms with Crippen LogP contribution in [0.3, 0.4) is 0 Å². The lowest BCUT2D eigenvalue weighted by Gasteiger charge is -2.34. The molecule has 2 heteroatoms. The second kappa shape index (κ2) is 4.02. The third-order valence-electron chi connectivity index (χ3n) is 3.91. The maximum Gasteiger partial charge on any atom is 0.162 e. The van der Waals surface area contributed by atoms with E-state index in [9.17, 15) is 4.79 Å². The van der Waals surface area contributed by atoms with E-state index in [1.54, 1.807) is 0 Å². The Morgan fingerprint density at radius 1 is 1.24 bits per heavy atom. The number of carbonyl (C=O) groups excluding carboxylic acids is 1. The zero-order valence-corrected chi connectivity index (χ0v) is 10.1. The van der Waals surface area contributed by atoms with Gasteiger partial charge in [0.05, 0.1) is 5.70 Å². The van der Waals surface area contributed by atoms with Gasteiger partial charge in [0.25, 0.3) is 0 Å². The molecular formula is C15H17NO. The number of Topliss-reactive ketones (excluding diaryl/α,β-unsaturated/α-hetero) is 1. The normalized spacial score (nSPS) is 24.2. The molecule has 1 saturated heterocycles. The highest BCUT2D eigenvalue weighted by Crippen LogP contribution is 2.36. The zero-order chi connectivity index (χ0) is 11.8. The van der Waals surface area contributed by atoms with Crippen molar-refractivity contribution in [2.75, 3.05) is 6.54 Å². The van der Waals surface area contributed by atoms with E-state index >= 15 is 0 Å².